The molecule has 0 aromatic heterocycles. The third kappa shape index (κ3) is 2.91. The van der Waals surface area contributed by atoms with Gasteiger partial charge in [0.05, 0.1) is 5.25 Å². The minimum absolute atomic E-state index is 0.0189. The van der Waals surface area contributed by atoms with Crippen LogP contribution >= 0.6 is 0 Å². The minimum atomic E-state index is -2.99. The lowest BCUT2D eigenvalue weighted by Crippen LogP contribution is -2.34. The van der Waals surface area contributed by atoms with Gasteiger partial charge in [-0.3, -0.25) is 0 Å². The van der Waals surface area contributed by atoms with Crippen LogP contribution in [0.2, 0.25) is 0 Å². The standard InChI is InChI=1S/C12H17NO3S/c1-17(15,16)12-4-2-3-11(12)13-9-5-7-10(14)8-6-9/h5-8,11-14H,2-4H2,1H3. The van der Waals surface area contributed by atoms with Crippen LogP contribution in [0.3, 0.4) is 0 Å². The molecule has 0 spiro atoms. The fourth-order valence-electron chi connectivity index (χ4n) is 2.38. The molecule has 94 valence electrons. The van der Waals surface area contributed by atoms with Gasteiger partial charge < -0.3 is 10.4 Å². The summed E-state index contributed by atoms with van der Waals surface area (Å²) in [5, 5.41) is 12.1. The van der Waals surface area contributed by atoms with Crippen molar-refractivity contribution in [2.24, 2.45) is 0 Å². The zero-order chi connectivity index (χ0) is 12.5. The van der Waals surface area contributed by atoms with Crippen LogP contribution in [0.25, 0.3) is 0 Å². The minimum Gasteiger partial charge on any atom is -0.508 e. The molecule has 1 saturated carbocycles. The number of phenols is 1. The van der Waals surface area contributed by atoms with Gasteiger partial charge in [0, 0.05) is 18.0 Å². The monoisotopic (exact) mass is 255 g/mol. The van der Waals surface area contributed by atoms with E-state index in [-0.39, 0.29) is 17.0 Å². The predicted octanol–water partition coefficient (Wildman–Crippen LogP) is 1.77. The third-order valence-electron chi connectivity index (χ3n) is 3.22. The number of sulfone groups is 1. The molecule has 0 heterocycles. The average Bonchev–Trinajstić information content (AvgIpc) is 2.69. The van der Waals surface area contributed by atoms with Crippen LogP contribution in [-0.2, 0) is 9.84 Å². The van der Waals surface area contributed by atoms with E-state index in [2.05, 4.69) is 5.32 Å². The number of hydrogen-bond acceptors (Lipinski definition) is 4. The second kappa shape index (κ2) is 4.56. The molecule has 5 heteroatoms. The van der Waals surface area contributed by atoms with Crippen LogP contribution in [0.4, 0.5) is 5.69 Å². The highest BCUT2D eigenvalue weighted by molar-refractivity contribution is 7.91. The first-order chi connectivity index (χ1) is 7.97. The van der Waals surface area contributed by atoms with Gasteiger partial charge in [-0.25, -0.2) is 8.42 Å². The second-order valence-corrected chi connectivity index (χ2v) is 6.86. The van der Waals surface area contributed by atoms with Gasteiger partial charge in [0.25, 0.3) is 0 Å². The van der Waals surface area contributed by atoms with Crippen molar-refractivity contribution in [2.75, 3.05) is 11.6 Å². The molecule has 0 amide bonds. The van der Waals surface area contributed by atoms with Gasteiger partial charge in [0.2, 0.25) is 0 Å². The Kier molecular flexibility index (Phi) is 3.28. The van der Waals surface area contributed by atoms with Gasteiger partial charge in [-0.2, -0.15) is 0 Å². The topological polar surface area (TPSA) is 66.4 Å². The molecule has 2 rings (SSSR count). The van der Waals surface area contributed by atoms with Gasteiger partial charge >= 0.3 is 0 Å². The van der Waals surface area contributed by atoms with Crippen LogP contribution in [0.15, 0.2) is 24.3 Å². The Balaban J connectivity index is 2.11. The molecule has 1 aliphatic carbocycles. The van der Waals surface area contributed by atoms with E-state index in [1.165, 1.54) is 6.26 Å². The van der Waals surface area contributed by atoms with Crippen molar-refractivity contribution in [3.63, 3.8) is 0 Å². The molecule has 0 bridgehead atoms. The van der Waals surface area contributed by atoms with E-state index < -0.39 is 9.84 Å². The molecule has 1 fully saturated rings. The zero-order valence-electron chi connectivity index (χ0n) is 9.76. The fraction of sp³-hybridized carbons (Fsp3) is 0.500. The lowest BCUT2D eigenvalue weighted by atomic mass is 10.2. The normalized spacial score (nSPS) is 24.8. The highest BCUT2D eigenvalue weighted by atomic mass is 32.2. The molecule has 2 unspecified atom stereocenters. The first-order valence-corrected chi connectivity index (χ1v) is 7.67. The first-order valence-electron chi connectivity index (χ1n) is 5.71. The Morgan fingerprint density at radius 2 is 1.88 bits per heavy atom. The maximum atomic E-state index is 11.6. The van der Waals surface area contributed by atoms with E-state index in [0.29, 0.717) is 0 Å². The van der Waals surface area contributed by atoms with E-state index in [1.54, 1.807) is 24.3 Å². The summed E-state index contributed by atoms with van der Waals surface area (Å²) in [6.07, 6.45) is 3.84. The number of benzene rings is 1. The summed E-state index contributed by atoms with van der Waals surface area (Å²) < 4.78 is 23.2. The molecule has 0 saturated heterocycles. The molecule has 2 atom stereocenters. The summed E-state index contributed by atoms with van der Waals surface area (Å²) in [4.78, 5) is 0. The lowest BCUT2D eigenvalue weighted by molar-refractivity contribution is 0.475. The second-order valence-electron chi connectivity index (χ2n) is 4.60. The van der Waals surface area contributed by atoms with Crippen LogP contribution < -0.4 is 5.32 Å². The summed E-state index contributed by atoms with van der Waals surface area (Å²) in [5.41, 5.74) is 0.850. The van der Waals surface area contributed by atoms with Gasteiger partial charge in [0.15, 0.2) is 9.84 Å². The van der Waals surface area contributed by atoms with Crippen LogP contribution in [0, 0.1) is 0 Å². The first kappa shape index (κ1) is 12.2. The Labute approximate surface area is 102 Å². The SMILES string of the molecule is CS(=O)(=O)C1CCCC1Nc1ccc(O)cc1. The molecule has 0 aliphatic heterocycles. The summed E-state index contributed by atoms with van der Waals surface area (Å²) in [7, 11) is -2.99. The van der Waals surface area contributed by atoms with Crippen molar-refractivity contribution in [3.8, 4) is 5.75 Å². The van der Waals surface area contributed by atoms with Crippen molar-refractivity contribution in [1.82, 2.24) is 0 Å². The maximum absolute atomic E-state index is 11.6. The number of rotatable bonds is 3. The van der Waals surface area contributed by atoms with E-state index >= 15 is 0 Å². The summed E-state index contributed by atoms with van der Waals surface area (Å²) >= 11 is 0. The van der Waals surface area contributed by atoms with Crippen molar-refractivity contribution in [3.05, 3.63) is 24.3 Å². The van der Waals surface area contributed by atoms with E-state index in [0.717, 1.165) is 24.9 Å². The maximum Gasteiger partial charge on any atom is 0.152 e. The molecule has 1 aliphatic rings. The van der Waals surface area contributed by atoms with Gasteiger partial charge in [0.1, 0.15) is 5.75 Å². The Morgan fingerprint density at radius 3 is 2.47 bits per heavy atom. The van der Waals surface area contributed by atoms with Crippen molar-refractivity contribution < 1.29 is 13.5 Å². The highest BCUT2D eigenvalue weighted by Crippen LogP contribution is 2.28. The molecule has 1 aromatic rings. The molecule has 17 heavy (non-hydrogen) atoms. The zero-order valence-corrected chi connectivity index (χ0v) is 10.6. The number of aromatic hydroxyl groups is 1. The Hall–Kier alpha value is -1.23. The molecule has 1 aromatic carbocycles. The largest absolute Gasteiger partial charge is 0.508 e. The smallest absolute Gasteiger partial charge is 0.152 e. The van der Waals surface area contributed by atoms with Crippen LogP contribution in [0.5, 0.6) is 5.75 Å². The Bertz CT molecular complexity index is 481. The number of anilines is 1. The van der Waals surface area contributed by atoms with E-state index in [9.17, 15) is 13.5 Å². The molecule has 4 nitrogen and oxygen atoms in total. The predicted molar refractivity (Wildman–Crippen MR) is 68.0 cm³/mol. The molecule has 0 radical (unpaired) electrons. The molecule has 2 N–H and O–H groups in total. The van der Waals surface area contributed by atoms with Gasteiger partial charge in [-0.15, -0.1) is 0 Å². The average molecular weight is 255 g/mol. The van der Waals surface area contributed by atoms with E-state index in [1.807, 2.05) is 0 Å². The Morgan fingerprint density at radius 1 is 1.24 bits per heavy atom. The number of hydrogen-bond donors (Lipinski definition) is 2. The summed E-state index contributed by atoms with van der Waals surface area (Å²) in [6.45, 7) is 0. The van der Waals surface area contributed by atoms with Crippen molar-refractivity contribution in [2.45, 2.75) is 30.6 Å². The van der Waals surface area contributed by atoms with E-state index in [4.69, 9.17) is 0 Å². The van der Waals surface area contributed by atoms with Crippen molar-refractivity contribution in [1.29, 1.82) is 0 Å². The van der Waals surface area contributed by atoms with Crippen molar-refractivity contribution >= 4 is 15.5 Å². The highest BCUT2D eigenvalue weighted by Gasteiger charge is 2.34. The summed E-state index contributed by atoms with van der Waals surface area (Å²) in [5.74, 6) is 0.210. The number of nitrogens with one attached hydrogen (secondary N) is 1. The summed E-state index contributed by atoms with van der Waals surface area (Å²) in [6, 6.07) is 6.67. The fourth-order valence-corrected chi connectivity index (χ4v) is 3.77. The lowest BCUT2D eigenvalue weighted by Gasteiger charge is -2.20. The van der Waals surface area contributed by atoms with Crippen LogP contribution in [-0.4, -0.2) is 31.1 Å². The molecular weight excluding hydrogens is 238 g/mol. The number of phenolic OH excluding ortho intramolecular Hbond substituents is 1. The van der Waals surface area contributed by atoms with Crippen LogP contribution in [0.1, 0.15) is 19.3 Å². The van der Waals surface area contributed by atoms with Gasteiger partial charge in [-0.05, 0) is 43.5 Å². The third-order valence-corrected chi connectivity index (χ3v) is 4.89. The quantitative estimate of drug-likeness (QED) is 0.808. The van der Waals surface area contributed by atoms with Gasteiger partial charge in [-0.1, -0.05) is 0 Å². The molecular formula is C12H17NO3S.